The quantitative estimate of drug-likeness (QED) is 0.312. The predicted molar refractivity (Wildman–Crippen MR) is 91.7 cm³/mol. The van der Waals surface area contributed by atoms with E-state index in [0.717, 1.165) is 11.3 Å². The number of benzene rings is 1. The fourth-order valence-corrected chi connectivity index (χ4v) is 4.76. The molecule has 9 heteroatoms. The summed E-state index contributed by atoms with van der Waals surface area (Å²) < 4.78 is 0. The molecule has 0 saturated carbocycles. The van der Waals surface area contributed by atoms with Gasteiger partial charge in [0.15, 0.2) is 17.3 Å². The lowest BCUT2D eigenvalue weighted by molar-refractivity contribution is 0.0653. The maximum Gasteiger partial charge on any atom is 0.199 e. The molecule has 5 N–H and O–H groups in total. The van der Waals surface area contributed by atoms with Crippen LogP contribution in [-0.2, 0) is 6.42 Å². The van der Waals surface area contributed by atoms with Crippen molar-refractivity contribution in [3.8, 4) is 11.5 Å². The molecular weight excluding hydrogens is 376 g/mol. The number of phenolic OH excluding ortho intramolecular Hbond substituents is 2. The third-order valence-corrected chi connectivity index (χ3v) is 5.99. The number of Topliss-reactive ketones (excluding diaryl/α,β-unsaturated/α-hetero) is 1. The van der Waals surface area contributed by atoms with Crippen molar-refractivity contribution in [3.63, 3.8) is 0 Å². The average molecular weight is 390 g/mol. The second-order valence-corrected chi connectivity index (χ2v) is 7.42. The number of hydrogen-bond donors (Lipinski definition) is 5. The van der Waals surface area contributed by atoms with E-state index in [-0.39, 0.29) is 40.0 Å². The largest absolute Gasteiger partial charge is 0.507 e. The van der Waals surface area contributed by atoms with Crippen molar-refractivity contribution in [2.24, 2.45) is 0 Å². The van der Waals surface area contributed by atoms with Gasteiger partial charge in [-0.1, -0.05) is 0 Å². The van der Waals surface area contributed by atoms with Crippen LogP contribution in [0.4, 0.5) is 0 Å². The summed E-state index contributed by atoms with van der Waals surface area (Å²) in [4.78, 5) is 37.7. The Balaban J connectivity index is 2.03. The molecule has 8 nitrogen and oxygen atoms in total. The van der Waals surface area contributed by atoms with Gasteiger partial charge < -0.3 is 25.5 Å². The number of thiophene rings is 1. The number of aliphatic hydroxyl groups excluding tert-OH is 3. The topological polar surface area (TPSA) is 152 Å². The lowest BCUT2D eigenvalue weighted by atomic mass is 9.77. The van der Waals surface area contributed by atoms with Crippen molar-refractivity contribution in [3.05, 3.63) is 43.6 Å². The van der Waals surface area contributed by atoms with Crippen molar-refractivity contribution in [2.45, 2.75) is 25.0 Å². The third-order valence-electron chi connectivity index (χ3n) is 4.97. The highest BCUT2D eigenvalue weighted by atomic mass is 32.1. The van der Waals surface area contributed by atoms with Gasteiger partial charge in [0.2, 0.25) is 0 Å². The number of hydrogen-bond acceptors (Lipinski definition) is 9. The van der Waals surface area contributed by atoms with Gasteiger partial charge in [-0.05, 0) is 0 Å². The molecule has 0 aliphatic heterocycles. The van der Waals surface area contributed by atoms with Crippen LogP contribution in [0, 0.1) is 0 Å². The zero-order valence-corrected chi connectivity index (χ0v) is 14.5. The van der Waals surface area contributed by atoms with Crippen molar-refractivity contribution < 1.29 is 39.9 Å². The fraction of sp³-hybridized carbons (Fsp3) is 0.278. The molecular formula is C18H14O8S. The molecule has 0 radical (unpaired) electrons. The Kier molecular flexibility index (Phi) is 3.93. The number of rotatable bonds is 2. The summed E-state index contributed by atoms with van der Waals surface area (Å²) in [7, 11) is 0. The number of phenols is 2. The maximum absolute atomic E-state index is 13.0. The van der Waals surface area contributed by atoms with Gasteiger partial charge in [-0.3, -0.25) is 14.4 Å². The van der Waals surface area contributed by atoms with E-state index in [1.807, 2.05) is 0 Å². The van der Waals surface area contributed by atoms with Crippen LogP contribution in [0.1, 0.15) is 65.2 Å². The summed E-state index contributed by atoms with van der Waals surface area (Å²) in [6.45, 7) is -0.846. The van der Waals surface area contributed by atoms with Crippen LogP contribution in [0.15, 0.2) is 5.38 Å². The van der Waals surface area contributed by atoms with Crippen molar-refractivity contribution in [1.82, 2.24) is 0 Å². The molecule has 1 heterocycles. The first kappa shape index (κ1) is 17.8. The van der Waals surface area contributed by atoms with E-state index in [9.17, 15) is 34.8 Å². The van der Waals surface area contributed by atoms with Crippen molar-refractivity contribution >= 4 is 28.7 Å². The number of aromatic hydroxyl groups is 2. The first-order chi connectivity index (χ1) is 12.8. The Morgan fingerprint density at radius 1 is 1.07 bits per heavy atom. The van der Waals surface area contributed by atoms with E-state index in [1.54, 1.807) is 0 Å². The highest BCUT2D eigenvalue weighted by molar-refractivity contribution is 7.13. The Hall–Kier alpha value is -2.59. The van der Waals surface area contributed by atoms with Gasteiger partial charge in [0.25, 0.3) is 0 Å². The number of aliphatic hydroxyl groups is 3. The van der Waals surface area contributed by atoms with E-state index >= 15 is 0 Å². The molecule has 2 aliphatic rings. The average Bonchev–Trinajstić information content (AvgIpc) is 3.07. The molecule has 0 fully saturated rings. The van der Waals surface area contributed by atoms with Crippen LogP contribution in [0.25, 0.3) is 0 Å². The molecule has 27 heavy (non-hydrogen) atoms. The van der Waals surface area contributed by atoms with Crippen LogP contribution in [-0.4, -0.2) is 55.6 Å². The smallest absolute Gasteiger partial charge is 0.199 e. The zero-order chi connectivity index (χ0) is 19.6. The molecule has 0 unspecified atom stereocenters. The van der Waals surface area contributed by atoms with Crippen LogP contribution in [0.5, 0.6) is 11.5 Å². The molecule has 2 atom stereocenters. The Bertz CT molecular complexity index is 1030. The van der Waals surface area contributed by atoms with Gasteiger partial charge in [0, 0.05) is 34.9 Å². The summed E-state index contributed by atoms with van der Waals surface area (Å²) in [5, 5.41) is 51.7. The first-order valence-corrected chi connectivity index (χ1v) is 8.97. The van der Waals surface area contributed by atoms with E-state index < -0.39 is 58.8 Å². The van der Waals surface area contributed by atoms with Crippen LogP contribution >= 0.6 is 11.3 Å². The zero-order valence-electron chi connectivity index (χ0n) is 13.7. The minimum atomic E-state index is -1.31. The number of carbonyl (C=O) groups excluding carboxylic acids is 3. The number of ketones is 3. The minimum Gasteiger partial charge on any atom is -0.507 e. The van der Waals surface area contributed by atoms with Gasteiger partial charge >= 0.3 is 0 Å². The van der Waals surface area contributed by atoms with Gasteiger partial charge in [-0.15, -0.1) is 11.3 Å². The third kappa shape index (κ3) is 2.29. The van der Waals surface area contributed by atoms with Crippen LogP contribution < -0.4 is 0 Å². The van der Waals surface area contributed by atoms with E-state index in [1.165, 1.54) is 5.38 Å². The van der Waals surface area contributed by atoms with E-state index in [0.29, 0.717) is 0 Å². The second-order valence-electron chi connectivity index (χ2n) is 6.54. The summed E-state index contributed by atoms with van der Waals surface area (Å²) in [5.74, 6) is -3.54. The minimum absolute atomic E-state index is 0.00707. The van der Waals surface area contributed by atoms with Gasteiger partial charge in [0.05, 0.1) is 33.8 Å². The van der Waals surface area contributed by atoms with E-state index in [4.69, 9.17) is 5.11 Å². The molecule has 0 amide bonds. The molecule has 4 rings (SSSR count). The summed E-state index contributed by atoms with van der Waals surface area (Å²) in [5.41, 5.74) is -1.30. The summed E-state index contributed by atoms with van der Waals surface area (Å²) in [6.07, 6.45) is -2.49. The summed E-state index contributed by atoms with van der Waals surface area (Å²) in [6, 6.07) is 0. The molecule has 1 aromatic carbocycles. The Morgan fingerprint density at radius 3 is 2.41 bits per heavy atom. The highest BCUT2D eigenvalue weighted by Crippen LogP contribution is 2.49. The van der Waals surface area contributed by atoms with Gasteiger partial charge in [0.1, 0.15) is 18.1 Å². The first-order valence-electron chi connectivity index (χ1n) is 8.09. The van der Waals surface area contributed by atoms with Gasteiger partial charge in [-0.25, -0.2) is 0 Å². The number of fused-ring (bicyclic) bond motifs is 3. The molecule has 2 aromatic rings. The molecule has 0 saturated heterocycles. The lowest BCUT2D eigenvalue weighted by Gasteiger charge is -2.30. The lowest BCUT2D eigenvalue weighted by Crippen LogP contribution is -2.27. The van der Waals surface area contributed by atoms with E-state index in [2.05, 4.69) is 0 Å². The maximum atomic E-state index is 13.0. The molecule has 140 valence electrons. The second kappa shape index (κ2) is 5.96. The van der Waals surface area contributed by atoms with Crippen molar-refractivity contribution in [1.29, 1.82) is 0 Å². The molecule has 1 aromatic heterocycles. The van der Waals surface area contributed by atoms with Crippen LogP contribution in [0.2, 0.25) is 0 Å². The molecule has 2 aliphatic carbocycles. The number of carbonyl (C=O) groups is 3. The van der Waals surface area contributed by atoms with Crippen molar-refractivity contribution in [2.75, 3.05) is 6.61 Å². The predicted octanol–water partition coefficient (Wildman–Crippen LogP) is 0.450. The standard InChI is InChI=1S/C18H14O8S/c19-3-9(22)18-11-7(4-27-18)15(24)13-12(17(11)26)14(23)6-1-5(20)2-8(21)10(6)16(13)25/h4-5,8,19-21,23,25H,1-3H2/t5-,8+/m1/s1. The Labute approximate surface area is 155 Å². The molecule has 0 spiro atoms. The monoisotopic (exact) mass is 390 g/mol. The Morgan fingerprint density at radius 2 is 1.74 bits per heavy atom. The fourth-order valence-electron chi connectivity index (χ4n) is 3.78. The highest BCUT2D eigenvalue weighted by Gasteiger charge is 2.43. The van der Waals surface area contributed by atoms with Crippen LogP contribution in [0.3, 0.4) is 0 Å². The molecule has 0 bridgehead atoms. The normalized spacial score (nSPS) is 20.9. The SMILES string of the molecule is O=C(CO)c1scc2c1C(=O)c1c(O)c3c(c(O)c1C2=O)[C@@H](O)C[C@H](O)C3. The van der Waals surface area contributed by atoms with Gasteiger partial charge in [-0.2, -0.15) is 0 Å². The summed E-state index contributed by atoms with van der Waals surface area (Å²) >= 11 is 0.817.